The average molecular weight is 381 g/mol. The van der Waals surface area contributed by atoms with Crippen LogP contribution < -0.4 is 14.9 Å². The largest absolute Gasteiger partial charge is 0.493 e. The van der Waals surface area contributed by atoms with E-state index in [2.05, 4.69) is 38.6 Å². The predicted octanol–water partition coefficient (Wildman–Crippen LogP) is 3.93. The lowest BCUT2D eigenvalue weighted by molar-refractivity contribution is 0.0954. The highest BCUT2D eigenvalue weighted by Gasteiger charge is 2.15. The number of hydrogen-bond acceptors (Lipinski definition) is 4. The van der Waals surface area contributed by atoms with Crippen LogP contribution in [0.15, 0.2) is 33.9 Å². The van der Waals surface area contributed by atoms with E-state index < -0.39 is 0 Å². The second-order valence-corrected chi connectivity index (χ2v) is 6.04. The maximum absolute atomic E-state index is 12.2. The molecule has 2 rings (SSSR count). The number of hydrazone groups is 1. The standard InChI is InChI=1S/C17H21BrN2O3/c1-3-23-16-14(18)9-13(10-15(16)22-2)17(21)20-19-11-12-7-5-4-6-8-12/h4-5,9-12H,3,6-8H2,1-2H3,(H,20,21)/b19-11-/t12-/m0/s1. The highest BCUT2D eigenvalue weighted by atomic mass is 79.9. The second-order valence-electron chi connectivity index (χ2n) is 5.19. The van der Waals surface area contributed by atoms with Crippen molar-refractivity contribution < 1.29 is 14.3 Å². The Morgan fingerprint density at radius 3 is 2.96 bits per heavy atom. The maximum Gasteiger partial charge on any atom is 0.271 e. The third kappa shape index (κ3) is 4.82. The van der Waals surface area contributed by atoms with Crippen LogP contribution in [0, 0.1) is 5.92 Å². The Kier molecular flexibility index (Phi) is 6.65. The number of carbonyl (C=O) groups excluding carboxylic acids is 1. The number of halogens is 1. The highest BCUT2D eigenvalue weighted by molar-refractivity contribution is 9.10. The number of hydrogen-bond donors (Lipinski definition) is 1. The van der Waals surface area contributed by atoms with Crippen LogP contribution in [0.5, 0.6) is 11.5 Å². The van der Waals surface area contributed by atoms with Gasteiger partial charge in [0.15, 0.2) is 11.5 Å². The maximum atomic E-state index is 12.2. The zero-order valence-electron chi connectivity index (χ0n) is 13.3. The lowest BCUT2D eigenvalue weighted by Crippen LogP contribution is -2.19. The Hall–Kier alpha value is -1.82. The highest BCUT2D eigenvalue weighted by Crippen LogP contribution is 2.36. The number of allylic oxidation sites excluding steroid dienone is 2. The molecule has 1 N–H and O–H groups in total. The Morgan fingerprint density at radius 1 is 1.48 bits per heavy atom. The molecule has 1 aromatic carbocycles. The average Bonchev–Trinajstić information content (AvgIpc) is 2.57. The smallest absolute Gasteiger partial charge is 0.271 e. The van der Waals surface area contributed by atoms with Gasteiger partial charge in [0.1, 0.15) is 0 Å². The van der Waals surface area contributed by atoms with Crippen LogP contribution in [0.3, 0.4) is 0 Å². The SMILES string of the molecule is CCOc1c(Br)cc(C(=O)N/N=C\[C@H]2CC=CCC2)cc1OC. The third-order valence-electron chi connectivity index (χ3n) is 3.54. The number of methoxy groups -OCH3 is 1. The summed E-state index contributed by atoms with van der Waals surface area (Å²) in [7, 11) is 1.54. The van der Waals surface area contributed by atoms with E-state index in [0.29, 0.717) is 34.1 Å². The van der Waals surface area contributed by atoms with Crippen molar-refractivity contribution in [1.82, 2.24) is 5.43 Å². The molecule has 0 aliphatic heterocycles. The van der Waals surface area contributed by atoms with Crippen molar-refractivity contribution in [2.45, 2.75) is 26.2 Å². The molecule has 1 aromatic rings. The Bertz CT molecular complexity index is 614. The summed E-state index contributed by atoms with van der Waals surface area (Å²) in [6.07, 6.45) is 9.24. The summed E-state index contributed by atoms with van der Waals surface area (Å²) in [5.41, 5.74) is 3.02. The fraction of sp³-hybridized carbons (Fsp3) is 0.412. The quantitative estimate of drug-likeness (QED) is 0.462. The fourth-order valence-electron chi connectivity index (χ4n) is 2.35. The number of nitrogens with one attached hydrogen (secondary N) is 1. The molecule has 0 saturated heterocycles. The molecule has 0 aromatic heterocycles. The summed E-state index contributed by atoms with van der Waals surface area (Å²) in [6, 6.07) is 3.34. The molecule has 0 fully saturated rings. The van der Waals surface area contributed by atoms with Crippen molar-refractivity contribution in [3.63, 3.8) is 0 Å². The van der Waals surface area contributed by atoms with Crippen LogP contribution in [0.4, 0.5) is 0 Å². The summed E-state index contributed by atoms with van der Waals surface area (Å²) in [4.78, 5) is 12.2. The molecule has 1 amide bonds. The van der Waals surface area contributed by atoms with Gasteiger partial charge in [-0.15, -0.1) is 0 Å². The van der Waals surface area contributed by atoms with Crippen LogP contribution in [-0.4, -0.2) is 25.8 Å². The van der Waals surface area contributed by atoms with Crippen molar-refractivity contribution >= 4 is 28.1 Å². The molecular formula is C17H21BrN2O3. The molecule has 0 radical (unpaired) electrons. The molecule has 1 atom stereocenters. The predicted molar refractivity (Wildman–Crippen MR) is 94.3 cm³/mol. The molecule has 0 unspecified atom stereocenters. The molecule has 23 heavy (non-hydrogen) atoms. The number of amides is 1. The van der Waals surface area contributed by atoms with E-state index >= 15 is 0 Å². The van der Waals surface area contributed by atoms with Crippen LogP contribution in [0.1, 0.15) is 36.5 Å². The minimum Gasteiger partial charge on any atom is -0.493 e. The lowest BCUT2D eigenvalue weighted by Gasteiger charge is -2.13. The van der Waals surface area contributed by atoms with Gasteiger partial charge < -0.3 is 9.47 Å². The summed E-state index contributed by atoms with van der Waals surface area (Å²) in [5.74, 6) is 1.20. The van der Waals surface area contributed by atoms with E-state index in [1.165, 1.54) is 0 Å². The summed E-state index contributed by atoms with van der Waals surface area (Å²) < 4.78 is 11.5. The summed E-state index contributed by atoms with van der Waals surface area (Å²) in [6.45, 7) is 2.41. The lowest BCUT2D eigenvalue weighted by atomic mass is 9.96. The number of rotatable bonds is 6. The van der Waals surface area contributed by atoms with Crippen molar-refractivity contribution in [3.05, 3.63) is 34.3 Å². The van der Waals surface area contributed by atoms with Gasteiger partial charge >= 0.3 is 0 Å². The van der Waals surface area contributed by atoms with E-state index in [0.717, 1.165) is 19.3 Å². The summed E-state index contributed by atoms with van der Waals surface area (Å²) in [5, 5.41) is 4.07. The first-order valence-electron chi connectivity index (χ1n) is 7.64. The topological polar surface area (TPSA) is 59.9 Å². The van der Waals surface area contributed by atoms with Gasteiger partial charge in [0.2, 0.25) is 0 Å². The number of carbonyl (C=O) groups is 1. The van der Waals surface area contributed by atoms with Gasteiger partial charge in [-0.05, 0) is 60.2 Å². The molecule has 6 heteroatoms. The van der Waals surface area contributed by atoms with E-state index in [-0.39, 0.29) is 5.91 Å². The van der Waals surface area contributed by atoms with Gasteiger partial charge in [0.05, 0.1) is 18.2 Å². The van der Waals surface area contributed by atoms with Crippen molar-refractivity contribution in [1.29, 1.82) is 0 Å². The third-order valence-corrected chi connectivity index (χ3v) is 4.13. The first kappa shape index (κ1) is 17.5. The van der Waals surface area contributed by atoms with E-state index in [1.807, 2.05) is 13.1 Å². The van der Waals surface area contributed by atoms with Crippen molar-refractivity contribution in [2.75, 3.05) is 13.7 Å². The van der Waals surface area contributed by atoms with Crippen LogP contribution in [0.25, 0.3) is 0 Å². The van der Waals surface area contributed by atoms with Crippen LogP contribution >= 0.6 is 15.9 Å². The van der Waals surface area contributed by atoms with E-state index in [4.69, 9.17) is 9.47 Å². The minimum absolute atomic E-state index is 0.283. The Balaban J connectivity index is 2.05. The molecular weight excluding hydrogens is 360 g/mol. The van der Waals surface area contributed by atoms with E-state index in [9.17, 15) is 4.79 Å². The monoisotopic (exact) mass is 380 g/mol. The first-order chi connectivity index (χ1) is 11.2. The molecule has 5 nitrogen and oxygen atoms in total. The molecule has 0 saturated carbocycles. The first-order valence-corrected chi connectivity index (χ1v) is 8.43. The van der Waals surface area contributed by atoms with E-state index in [1.54, 1.807) is 19.2 Å². The molecule has 0 spiro atoms. The van der Waals surface area contributed by atoms with Crippen LogP contribution in [-0.2, 0) is 0 Å². The number of ether oxygens (including phenoxy) is 2. The molecule has 0 heterocycles. The van der Waals surface area contributed by atoms with Gasteiger partial charge in [-0.2, -0.15) is 5.10 Å². The van der Waals surface area contributed by atoms with Crippen LogP contribution in [0.2, 0.25) is 0 Å². The molecule has 1 aliphatic rings. The zero-order valence-corrected chi connectivity index (χ0v) is 14.9. The molecule has 0 bridgehead atoms. The van der Waals surface area contributed by atoms with Gasteiger partial charge in [0.25, 0.3) is 5.91 Å². The van der Waals surface area contributed by atoms with Crippen molar-refractivity contribution in [2.24, 2.45) is 11.0 Å². The van der Waals surface area contributed by atoms with Gasteiger partial charge in [-0.25, -0.2) is 5.43 Å². The van der Waals surface area contributed by atoms with Gasteiger partial charge in [-0.3, -0.25) is 4.79 Å². The minimum atomic E-state index is -0.283. The summed E-state index contributed by atoms with van der Waals surface area (Å²) >= 11 is 3.41. The van der Waals surface area contributed by atoms with Crippen molar-refractivity contribution in [3.8, 4) is 11.5 Å². The number of benzene rings is 1. The molecule has 124 valence electrons. The Labute approximate surface area is 144 Å². The van der Waals surface area contributed by atoms with Gasteiger partial charge in [-0.1, -0.05) is 12.2 Å². The number of nitrogens with zero attached hydrogens (tertiary/aromatic N) is 1. The second kappa shape index (κ2) is 8.72. The van der Waals surface area contributed by atoms with Gasteiger partial charge in [0, 0.05) is 11.8 Å². The Morgan fingerprint density at radius 2 is 2.30 bits per heavy atom. The fourth-order valence-corrected chi connectivity index (χ4v) is 2.91. The zero-order chi connectivity index (χ0) is 16.7. The molecule has 1 aliphatic carbocycles. The normalized spacial score (nSPS) is 17.3.